The largest absolute Gasteiger partial charge is 0.356 e. The second-order valence-corrected chi connectivity index (χ2v) is 6.15. The molecule has 4 nitrogen and oxygen atoms in total. The molecule has 1 unspecified atom stereocenters. The monoisotopic (exact) mass is 333 g/mol. The molecule has 1 aromatic carbocycles. The molecule has 2 heterocycles. The van der Waals surface area contributed by atoms with Gasteiger partial charge in [-0.25, -0.2) is 9.37 Å². The molecule has 1 aliphatic rings. The van der Waals surface area contributed by atoms with E-state index >= 15 is 0 Å². The fourth-order valence-corrected chi connectivity index (χ4v) is 2.77. The van der Waals surface area contributed by atoms with E-state index in [-0.39, 0.29) is 16.7 Å². The molecule has 0 aliphatic carbocycles. The van der Waals surface area contributed by atoms with Gasteiger partial charge in [-0.3, -0.25) is 4.79 Å². The number of nitrogens with zero attached hydrogens (tertiary/aromatic N) is 2. The van der Waals surface area contributed by atoms with Gasteiger partial charge in [0.1, 0.15) is 6.04 Å². The quantitative estimate of drug-likeness (QED) is 0.932. The molecule has 0 saturated carbocycles. The van der Waals surface area contributed by atoms with Gasteiger partial charge in [-0.15, -0.1) is 0 Å². The SMILES string of the molecule is Cc1ccc(CN2CCC(Nc3ncc(Cl)cc3F)C2=O)cc1. The van der Waals surface area contributed by atoms with Crippen molar-refractivity contribution in [3.63, 3.8) is 0 Å². The third-order valence-electron chi connectivity index (χ3n) is 3.91. The summed E-state index contributed by atoms with van der Waals surface area (Å²) in [5.41, 5.74) is 2.27. The van der Waals surface area contributed by atoms with E-state index in [1.54, 1.807) is 4.90 Å². The van der Waals surface area contributed by atoms with E-state index in [1.165, 1.54) is 17.8 Å². The van der Waals surface area contributed by atoms with Gasteiger partial charge in [-0.05, 0) is 25.0 Å². The maximum Gasteiger partial charge on any atom is 0.245 e. The van der Waals surface area contributed by atoms with Crippen LogP contribution in [0.5, 0.6) is 0 Å². The summed E-state index contributed by atoms with van der Waals surface area (Å²) < 4.78 is 13.8. The number of carbonyl (C=O) groups is 1. The molecule has 0 spiro atoms. The van der Waals surface area contributed by atoms with Crippen LogP contribution in [0, 0.1) is 12.7 Å². The van der Waals surface area contributed by atoms with Crippen LogP contribution in [-0.4, -0.2) is 28.4 Å². The molecule has 1 fully saturated rings. The molecule has 1 amide bonds. The minimum absolute atomic E-state index is 0.0401. The van der Waals surface area contributed by atoms with Crippen LogP contribution in [-0.2, 0) is 11.3 Å². The van der Waals surface area contributed by atoms with E-state index in [0.717, 1.165) is 5.56 Å². The third-order valence-corrected chi connectivity index (χ3v) is 4.12. The van der Waals surface area contributed by atoms with Crippen LogP contribution in [0.25, 0.3) is 0 Å². The molecule has 1 saturated heterocycles. The molecule has 6 heteroatoms. The van der Waals surface area contributed by atoms with Gasteiger partial charge in [0.15, 0.2) is 11.6 Å². The Morgan fingerprint density at radius 1 is 1.39 bits per heavy atom. The van der Waals surface area contributed by atoms with Crippen molar-refractivity contribution in [3.8, 4) is 0 Å². The zero-order valence-corrected chi connectivity index (χ0v) is 13.5. The molecule has 23 heavy (non-hydrogen) atoms. The van der Waals surface area contributed by atoms with Crippen molar-refractivity contribution < 1.29 is 9.18 Å². The minimum Gasteiger partial charge on any atom is -0.356 e. The first-order valence-electron chi connectivity index (χ1n) is 7.45. The van der Waals surface area contributed by atoms with Crippen LogP contribution in [0.15, 0.2) is 36.5 Å². The minimum atomic E-state index is -0.553. The van der Waals surface area contributed by atoms with Gasteiger partial charge < -0.3 is 10.2 Å². The number of hydrogen-bond donors (Lipinski definition) is 1. The van der Waals surface area contributed by atoms with Gasteiger partial charge in [-0.1, -0.05) is 41.4 Å². The zero-order chi connectivity index (χ0) is 16.4. The van der Waals surface area contributed by atoms with Crippen LogP contribution < -0.4 is 5.32 Å². The Hall–Kier alpha value is -2.14. The maximum absolute atomic E-state index is 13.8. The van der Waals surface area contributed by atoms with Crippen molar-refractivity contribution in [2.75, 3.05) is 11.9 Å². The van der Waals surface area contributed by atoms with Crippen molar-refractivity contribution in [2.24, 2.45) is 0 Å². The van der Waals surface area contributed by atoms with Gasteiger partial charge in [0.05, 0.1) is 5.02 Å². The molecule has 2 aromatic rings. The molecular formula is C17H17ClFN3O. The lowest BCUT2D eigenvalue weighted by Gasteiger charge is -2.17. The number of carbonyl (C=O) groups excluding carboxylic acids is 1. The molecule has 0 radical (unpaired) electrons. The molecule has 3 rings (SSSR count). The predicted octanol–water partition coefficient (Wildman–Crippen LogP) is 3.40. The van der Waals surface area contributed by atoms with Gasteiger partial charge in [0.25, 0.3) is 0 Å². The molecule has 0 bridgehead atoms. The number of aryl methyl sites for hydroxylation is 1. The maximum atomic E-state index is 13.8. The Balaban J connectivity index is 1.65. The van der Waals surface area contributed by atoms with Crippen LogP contribution in [0.2, 0.25) is 5.02 Å². The van der Waals surface area contributed by atoms with Crippen molar-refractivity contribution in [3.05, 3.63) is 58.5 Å². The second kappa shape index (κ2) is 6.54. The summed E-state index contributed by atoms with van der Waals surface area (Å²) in [6.07, 6.45) is 1.98. The summed E-state index contributed by atoms with van der Waals surface area (Å²) in [5, 5.41) is 3.10. The summed E-state index contributed by atoms with van der Waals surface area (Å²) in [7, 11) is 0. The van der Waals surface area contributed by atoms with Gasteiger partial charge >= 0.3 is 0 Å². The first kappa shape index (κ1) is 15.7. The van der Waals surface area contributed by atoms with E-state index in [4.69, 9.17) is 11.6 Å². The highest BCUT2D eigenvalue weighted by molar-refractivity contribution is 6.30. The fraction of sp³-hybridized carbons (Fsp3) is 0.294. The van der Waals surface area contributed by atoms with Crippen LogP contribution >= 0.6 is 11.6 Å². The van der Waals surface area contributed by atoms with E-state index in [1.807, 2.05) is 31.2 Å². The molecule has 1 aromatic heterocycles. The van der Waals surface area contributed by atoms with Crippen molar-refractivity contribution in [1.82, 2.24) is 9.88 Å². The number of rotatable bonds is 4. The number of likely N-dealkylation sites (tertiary alicyclic amines) is 1. The highest BCUT2D eigenvalue weighted by Gasteiger charge is 2.32. The Morgan fingerprint density at radius 3 is 2.83 bits per heavy atom. The number of amides is 1. The normalized spacial score (nSPS) is 17.6. The number of anilines is 1. The molecular weight excluding hydrogens is 317 g/mol. The highest BCUT2D eigenvalue weighted by atomic mass is 35.5. The summed E-state index contributed by atoms with van der Waals surface area (Å²) >= 11 is 5.68. The Morgan fingerprint density at radius 2 is 2.13 bits per heavy atom. The summed E-state index contributed by atoms with van der Waals surface area (Å²) in [4.78, 5) is 18.1. The van der Waals surface area contributed by atoms with Crippen molar-refractivity contribution in [2.45, 2.75) is 25.9 Å². The molecule has 1 N–H and O–H groups in total. The van der Waals surface area contributed by atoms with E-state index in [0.29, 0.717) is 19.5 Å². The smallest absolute Gasteiger partial charge is 0.245 e. The summed E-state index contributed by atoms with van der Waals surface area (Å²) in [6, 6.07) is 8.81. The number of halogens is 2. The van der Waals surface area contributed by atoms with Crippen molar-refractivity contribution in [1.29, 1.82) is 0 Å². The molecule has 1 aliphatic heterocycles. The van der Waals surface area contributed by atoms with Crippen LogP contribution in [0.1, 0.15) is 17.5 Å². The highest BCUT2D eigenvalue weighted by Crippen LogP contribution is 2.21. The number of pyridine rings is 1. The Bertz CT molecular complexity index is 720. The van der Waals surface area contributed by atoms with Crippen LogP contribution in [0.3, 0.4) is 0 Å². The number of benzene rings is 1. The van der Waals surface area contributed by atoms with Crippen LogP contribution in [0.4, 0.5) is 10.2 Å². The summed E-state index contributed by atoms with van der Waals surface area (Å²) in [6.45, 7) is 3.23. The molecule has 120 valence electrons. The first-order valence-corrected chi connectivity index (χ1v) is 7.82. The number of hydrogen-bond acceptors (Lipinski definition) is 3. The van der Waals surface area contributed by atoms with Gasteiger partial charge in [-0.2, -0.15) is 0 Å². The third kappa shape index (κ3) is 3.62. The zero-order valence-electron chi connectivity index (χ0n) is 12.7. The van der Waals surface area contributed by atoms with Gasteiger partial charge in [0.2, 0.25) is 5.91 Å². The topological polar surface area (TPSA) is 45.2 Å². The van der Waals surface area contributed by atoms with E-state index in [2.05, 4.69) is 10.3 Å². The summed E-state index contributed by atoms with van der Waals surface area (Å²) in [5.74, 6) is -0.533. The molecule has 1 atom stereocenters. The average molecular weight is 334 g/mol. The lowest BCUT2D eigenvalue weighted by molar-refractivity contribution is -0.128. The van der Waals surface area contributed by atoms with E-state index in [9.17, 15) is 9.18 Å². The second-order valence-electron chi connectivity index (χ2n) is 5.71. The Kier molecular flexibility index (Phi) is 4.48. The van der Waals surface area contributed by atoms with Crippen molar-refractivity contribution >= 4 is 23.3 Å². The van der Waals surface area contributed by atoms with Gasteiger partial charge in [0, 0.05) is 19.3 Å². The fourth-order valence-electron chi connectivity index (χ4n) is 2.63. The Labute approximate surface area is 139 Å². The van der Waals surface area contributed by atoms with E-state index < -0.39 is 11.9 Å². The number of aromatic nitrogens is 1. The lowest BCUT2D eigenvalue weighted by Crippen LogP contribution is -2.33. The standard InChI is InChI=1S/C17H17ClFN3O/c1-11-2-4-12(5-3-11)10-22-7-6-15(17(22)23)21-16-14(19)8-13(18)9-20-16/h2-5,8-9,15H,6-7,10H2,1H3,(H,20,21). The first-order chi connectivity index (χ1) is 11.0. The average Bonchev–Trinajstić information content (AvgIpc) is 2.85. The lowest BCUT2D eigenvalue weighted by atomic mass is 10.1. The predicted molar refractivity (Wildman–Crippen MR) is 87.8 cm³/mol. The number of nitrogens with one attached hydrogen (secondary N) is 1.